The second kappa shape index (κ2) is 9.01. The number of amides is 1. The van der Waals surface area contributed by atoms with E-state index in [1.165, 1.54) is 17.2 Å². The number of hydrogen-bond donors (Lipinski definition) is 1. The van der Waals surface area contributed by atoms with E-state index >= 15 is 0 Å². The number of nitrogens with zero attached hydrogens (tertiary/aromatic N) is 1. The molecule has 0 saturated heterocycles. The zero-order valence-corrected chi connectivity index (χ0v) is 17.8. The Hall–Kier alpha value is -4.00. The molecule has 0 saturated carbocycles. The molecule has 1 aliphatic heterocycles. The van der Waals surface area contributed by atoms with Crippen LogP contribution in [-0.2, 0) is 11.3 Å². The van der Waals surface area contributed by atoms with E-state index in [1.54, 1.807) is 37.4 Å². The highest BCUT2D eigenvalue weighted by molar-refractivity contribution is 6.15. The van der Waals surface area contributed by atoms with Crippen molar-refractivity contribution in [2.45, 2.75) is 19.5 Å². The largest absolute Gasteiger partial charge is 0.503 e. The predicted octanol–water partition coefficient (Wildman–Crippen LogP) is 4.47. The normalized spacial score (nSPS) is 15.9. The molecule has 1 N–H and O–H groups in total. The van der Waals surface area contributed by atoms with Gasteiger partial charge in [0.05, 0.1) is 31.6 Å². The van der Waals surface area contributed by atoms with Crippen LogP contribution in [0.15, 0.2) is 82.7 Å². The fraction of sp³-hybridized carbons (Fsp3) is 0.200. The third-order valence-electron chi connectivity index (χ3n) is 5.29. The number of ketones is 1. The van der Waals surface area contributed by atoms with Crippen LogP contribution in [0.5, 0.6) is 11.5 Å². The van der Waals surface area contributed by atoms with Crippen molar-refractivity contribution in [3.05, 3.63) is 95.1 Å². The van der Waals surface area contributed by atoms with Gasteiger partial charge in [0.2, 0.25) is 5.78 Å². The van der Waals surface area contributed by atoms with Crippen LogP contribution >= 0.6 is 0 Å². The Kier molecular flexibility index (Phi) is 5.98. The van der Waals surface area contributed by atoms with E-state index in [4.69, 9.17) is 13.9 Å². The van der Waals surface area contributed by atoms with E-state index in [9.17, 15) is 14.7 Å². The van der Waals surface area contributed by atoms with Gasteiger partial charge in [0.1, 0.15) is 11.5 Å². The molecule has 1 amide bonds. The van der Waals surface area contributed by atoms with Gasteiger partial charge in [-0.3, -0.25) is 9.59 Å². The number of ether oxygens (including phenoxy) is 2. The maximum absolute atomic E-state index is 13.2. The first-order valence-corrected chi connectivity index (χ1v) is 10.2. The van der Waals surface area contributed by atoms with Crippen molar-refractivity contribution < 1.29 is 28.6 Å². The zero-order valence-electron chi connectivity index (χ0n) is 17.8. The molecule has 0 fully saturated rings. The predicted molar refractivity (Wildman–Crippen MR) is 117 cm³/mol. The summed E-state index contributed by atoms with van der Waals surface area (Å²) in [5.74, 6) is -0.358. The van der Waals surface area contributed by atoms with Crippen LogP contribution in [0.1, 0.15) is 34.6 Å². The molecule has 0 bridgehead atoms. The fourth-order valence-corrected chi connectivity index (χ4v) is 3.82. The van der Waals surface area contributed by atoms with Crippen LogP contribution < -0.4 is 9.47 Å². The summed E-state index contributed by atoms with van der Waals surface area (Å²) in [4.78, 5) is 27.7. The van der Waals surface area contributed by atoms with Gasteiger partial charge in [0.15, 0.2) is 11.5 Å². The molecule has 4 rings (SSSR count). The van der Waals surface area contributed by atoms with Crippen molar-refractivity contribution in [1.82, 2.24) is 4.90 Å². The number of aliphatic hydroxyl groups excluding tert-OH is 1. The number of rotatable bonds is 8. The Morgan fingerprint density at radius 1 is 1.09 bits per heavy atom. The topological polar surface area (TPSA) is 89.2 Å². The first-order valence-electron chi connectivity index (χ1n) is 10.2. The minimum Gasteiger partial charge on any atom is -0.503 e. The van der Waals surface area contributed by atoms with Gasteiger partial charge in [-0.15, -0.1) is 0 Å². The summed E-state index contributed by atoms with van der Waals surface area (Å²) < 4.78 is 16.0. The highest BCUT2D eigenvalue weighted by Crippen LogP contribution is 2.40. The Bertz CT molecular complexity index is 1150. The molecular formula is C25H23NO6. The highest BCUT2D eigenvalue weighted by atomic mass is 16.5. The van der Waals surface area contributed by atoms with Gasteiger partial charge in [-0.2, -0.15) is 0 Å². The van der Waals surface area contributed by atoms with Gasteiger partial charge >= 0.3 is 0 Å². The summed E-state index contributed by atoms with van der Waals surface area (Å²) in [6, 6.07) is 16.7. The summed E-state index contributed by atoms with van der Waals surface area (Å²) in [7, 11) is 1.56. The quantitative estimate of drug-likeness (QED) is 0.528. The van der Waals surface area contributed by atoms with E-state index in [0.29, 0.717) is 23.7 Å². The third kappa shape index (κ3) is 3.97. The molecular weight excluding hydrogens is 410 g/mol. The van der Waals surface area contributed by atoms with Gasteiger partial charge in [0.25, 0.3) is 5.91 Å². The Morgan fingerprint density at radius 2 is 1.88 bits per heavy atom. The molecule has 2 heterocycles. The Balaban J connectivity index is 1.75. The molecule has 7 nitrogen and oxygen atoms in total. The van der Waals surface area contributed by atoms with Crippen molar-refractivity contribution in [1.29, 1.82) is 0 Å². The van der Waals surface area contributed by atoms with Crippen molar-refractivity contribution in [2.75, 3.05) is 13.7 Å². The van der Waals surface area contributed by atoms with Crippen LogP contribution in [0.2, 0.25) is 0 Å². The number of carbonyl (C=O) groups is 2. The zero-order chi connectivity index (χ0) is 22.7. The number of hydrogen-bond acceptors (Lipinski definition) is 6. The summed E-state index contributed by atoms with van der Waals surface area (Å²) >= 11 is 0. The summed E-state index contributed by atoms with van der Waals surface area (Å²) in [5.41, 5.74) is 1.46. The lowest BCUT2D eigenvalue weighted by atomic mass is 9.95. The first kappa shape index (κ1) is 21.2. The lowest BCUT2D eigenvalue weighted by molar-refractivity contribution is -0.130. The number of methoxy groups -OCH3 is 1. The third-order valence-corrected chi connectivity index (χ3v) is 5.29. The first-order chi connectivity index (χ1) is 15.5. The van der Waals surface area contributed by atoms with Crippen LogP contribution in [0, 0.1) is 0 Å². The second-order valence-electron chi connectivity index (χ2n) is 7.26. The van der Waals surface area contributed by atoms with Crippen LogP contribution in [0.25, 0.3) is 0 Å². The number of furan rings is 1. The van der Waals surface area contributed by atoms with Gasteiger partial charge in [-0.05, 0) is 54.4 Å². The van der Waals surface area contributed by atoms with E-state index < -0.39 is 23.5 Å². The molecule has 1 aliphatic rings. The molecule has 0 radical (unpaired) electrons. The van der Waals surface area contributed by atoms with Gasteiger partial charge in [-0.25, -0.2) is 0 Å². The van der Waals surface area contributed by atoms with Crippen molar-refractivity contribution in [3.63, 3.8) is 0 Å². The standard InChI is InChI=1S/C25H23NO6/c1-3-31-19-7-4-6-16(14-19)15-26-22(17-9-11-18(30-2)12-10-17)21(24(28)25(26)29)23(27)20-8-5-13-32-20/h4-14,22,28H,3,15H2,1-2H3. The molecule has 1 aromatic heterocycles. The summed E-state index contributed by atoms with van der Waals surface area (Å²) in [6.07, 6.45) is 1.38. The lowest BCUT2D eigenvalue weighted by Crippen LogP contribution is -2.30. The smallest absolute Gasteiger partial charge is 0.290 e. The molecule has 0 aliphatic carbocycles. The average molecular weight is 433 g/mol. The highest BCUT2D eigenvalue weighted by Gasteiger charge is 2.44. The van der Waals surface area contributed by atoms with Gasteiger partial charge in [0, 0.05) is 6.54 Å². The maximum Gasteiger partial charge on any atom is 0.290 e. The number of carbonyl (C=O) groups excluding carboxylic acids is 2. The van der Waals surface area contributed by atoms with Crippen molar-refractivity contribution >= 4 is 11.7 Å². The number of benzene rings is 2. The van der Waals surface area contributed by atoms with Crippen LogP contribution in [0.3, 0.4) is 0 Å². The van der Waals surface area contributed by atoms with Crippen LogP contribution in [0.4, 0.5) is 0 Å². The average Bonchev–Trinajstić information content (AvgIpc) is 3.43. The Morgan fingerprint density at radius 3 is 2.53 bits per heavy atom. The van der Waals surface area contributed by atoms with E-state index in [2.05, 4.69) is 0 Å². The van der Waals surface area contributed by atoms with Gasteiger partial charge < -0.3 is 23.9 Å². The van der Waals surface area contributed by atoms with Crippen LogP contribution in [-0.4, -0.2) is 35.4 Å². The molecule has 3 aromatic rings. The minimum atomic E-state index is -0.790. The lowest BCUT2D eigenvalue weighted by Gasteiger charge is -2.27. The maximum atomic E-state index is 13.2. The molecule has 0 spiro atoms. The van der Waals surface area contributed by atoms with Crippen molar-refractivity contribution in [2.24, 2.45) is 0 Å². The van der Waals surface area contributed by atoms with Crippen molar-refractivity contribution in [3.8, 4) is 11.5 Å². The molecule has 2 aromatic carbocycles. The summed E-state index contributed by atoms with van der Waals surface area (Å²) in [6.45, 7) is 2.59. The molecule has 1 atom stereocenters. The minimum absolute atomic E-state index is 0.0175. The van der Waals surface area contributed by atoms with E-state index in [0.717, 1.165) is 5.56 Å². The van der Waals surface area contributed by atoms with Gasteiger partial charge in [-0.1, -0.05) is 24.3 Å². The number of aliphatic hydroxyl groups is 1. The second-order valence-corrected chi connectivity index (χ2v) is 7.26. The molecule has 32 heavy (non-hydrogen) atoms. The molecule has 7 heteroatoms. The monoisotopic (exact) mass is 433 g/mol. The molecule has 1 unspecified atom stereocenters. The summed E-state index contributed by atoms with van der Waals surface area (Å²) in [5, 5.41) is 10.7. The number of Topliss-reactive ketones (excluding diaryl/α,β-unsaturated/α-hetero) is 1. The molecule has 164 valence electrons. The van der Waals surface area contributed by atoms with E-state index in [-0.39, 0.29) is 17.9 Å². The SMILES string of the molecule is CCOc1cccc(CN2C(=O)C(O)=C(C(=O)c3ccco3)C2c2ccc(OC)cc2)c1. The fourth-order valence-electron chi connectivity index (χ4n) is 3.82. The van der Waals surface area contributed by atoms with E-state index in [1.807, 2.05) is 31.2 Å². The Labute approximate surface area is 185 Å².